The Morgan fingerprint density at radius 3 is 3.00 bits per heavy atom. The van der Waals surface area contributed by atoms with Crippen LogP contribution >= 0.6 is 0 Å². The number of ether oxygens (including phenoxy) is 1. The molecule has 0 saturated carbocycles. The summed E-state index contributed by atoms with van der Waals surface area (Å²) in [4.78, 5) is 9.69. The molecule has 0 radical (unpaired) electrons. The van der Waals surface area contributed by atoms with Crippen LogP contribution in [0.15, 0.2) is 36.4 Å². The number of hydrogen-bond acceptors (Lipinski definition) is 4. The van der Waals surface area contributed by atoms with Gasteiger partial charge in [0.05, 0.1) is 16.8 Å². The van der Waals surface area contributed by atoms with E-state index in [0.29, 0.717) is 6.04 Å². The molecule has 1 aromatic heterocycles. The Morgan fingerprint density at radius 2 is 2.12 bits per heavy atom. The van der Waals surface area contributed by atoms with Crippen molar-refractivity contribution in [3.8, 4) is 0 Å². The van der Waals surface area contributed by atoms with Gasteiger partial charge in [-0.05, 0) is 45.5 Å². The van der Waals surface area contributed by atoms with E-state index >= 15 is 0 Å². The van der Waals surface area contributed by atoms with Crippen molar-refractivity contribution in [2.75, 3.05) is 33.8 Å². The minimum Gasteiger partial charge on any atom is -0.373 e. The third-order valence-electron chi connectivity index (χ3n) is 5.63. The predicted molar refractivity (Wildman–Crippen MR) is 97.0 cm³/mol. The van der Waals surface area contributed by atoms with Crippen molar-refractivity contribution in [2.24, 2.45) is 0 Å². The van der Waals surface area contributed by atoms with E-state index in [-0.39, 0.29) is 5.60 Å². The zero-order chi connectivity index (χ0) is 16.6. The highest BCUT2D eigenvalue weighted by molar-refractivity contribution is 5.78. The van der Waals surface area contributed by atoms with Crippen molar-refractivity contribution in [2.45, 2.75) is 37.5 Å². The van der Waals surface area contributed by atoms with Crippen molar-refractivity contribution in [1.82, 2.24) is 14.8 Å². The number of pyridine rings is 1. The van der Waals surface area contributed by atoms with E-state index < -0.39 is 0 Å². The second kappa shape index (κ2) is 6.43. The third kappa shape index (κ3) is 3.18. The second-order valence-corrected chi connectivity index (χ2v) is 7.60. The lowest BCUT2D eigenvalue weighted by atomic mass is 9.89. The van der Waals surface area contributed by atoms with E-state index in [4.69, 9.17) is 9.72 Å². The molecule has 0 aliphatic carbocycles. The molecule has 2 aliphatic heterocycles. The first kappa shape index (κ1) is 16.0. The Balaban J connectivity index is 1.44. The van der Waals surface area contributed by atoms with Crippen LogP contribution in [0.1, 0.15) is 25.0 Å². The first-order valence-electron chi connectivity index (χ1n) is 9.01. The molecule has 3 heterocycles. The summed E-state index contributed by atoms with van der Waals surface area (Å²) in [7, 11) is 4.38. The zero-order valence-electron chi connectivity index (χ0n) is 14.7. The smallest absolute Gasteiger partial charge is 0.0835 e. The molecule has 4 heteroatoms. The molecular weight excluding hydrogens is 298 g/mol. The van der Waals surface area contributed by atoms with E-state index in [2.05, 4.69) is 60.3 Å². The van der Waals surface area contributed by atoms with Crippen LogP contribution in [0.25, 0.3) is 10.9 Å². The third-order valence-corrected chi connectivity index (χ3v) is 5.63. The molecule has 2 aliphatic rings. The molecular formula is C20H27N3O. The Bertz CT molecular complexity index is 717. The van der Waals surface area contributed by atoms with Crippen LogP contribution in [0.5, 0.6) is 0 Å². The highest BCUT2D eigenvalue weighted by Crippen LogP contribution is 2.36. The Morgan fingerprint density at radius 1 is 1.25 bits per heavy atom. The topological polar surface area (TPSA) is 28.6 Å². The first-order chi connectivity index (χ1) is 11.6. The van der Waals surface area contributed by atoms with Crippen LogP contribution < -0.4 is 0 Å². The molecule has 2 atom stereocenters. The summed E-state index contributed by atoms with van der Waals surface area (Å²) in [6, 6.07) is 13.3. The molecule has 2 saturated heterocycles. The minimum absolute atomic E-state index is 0.0596. The molecule has 0 bridgehead atoms. The van der Waals surface area contributed by atoms with Gasteiger partial charge in [-0.15, -0.1) is 0 Å². The maximum atomic E-state index is 6.26. The summed E-state index contributed by atoms with van der Waals surface area (Å²) < 4.78 is 6.26. The van der Waals surface area contributed by atoms with Gasteiger partial charge in [0.2, 0.25) is 0 Å². The van der Waals surface area contributed by atoms with Crippen molar-refractivity contribution in [3.63, 3.8) is 0 Å². The van der Waals surface area contributed by atoms with Gasteiger partial charge in [0.15, 0.2) is 0 Å². The van der Waals surface area contributed by atoms with Gasteiger partial charge in [-0.3, -0.25) is 9.88 Å². The highest BCUT2D eigenvalue weighted by Gasteiger charge is 2.43. The highest BCUT2D eigenvalue weighted by atomic mass is 16.5. The number of rotatable bonds is 3. The van der Waals surface area contributed by atoms with Crippen molar-refractivity contribution in [3.05, 3.63) is 42.1 Å². The van der Waals surface area contributed by atoms with E-state index in [0.717, 1.165) is 56.7 Å². The number of fused-ring (bicyclic) bond motifs is 1. The summed E-state index contributed by atoms with van der Waals surface area (Å²) in [5.74, 6) is 0. The maximum Gasteiger partial charge on any atom is 0.0835 e. The zero-order valence-corrected chi connectivity index (χ0v) is 14.7. The molecule has 128 valence electrons. The lowest BCUT2D eigenvalue weighted by Crippen LogP contribution is -2.48. The quantitative estimate of drug-likeness (QED) is 0.867. The van der Waals surface area contributed by atoms with Crippen LogP contribution in [0.2, 0.25) is 0 Å². The van der Waals surface area contributed by atoms with Crippen LogP contribution in [0.4, 0.5) is 0 Å². The molecule has 4 rings (SSSR count). The monoisotopic (exact) mass is 325 g/mol. The summed E-state index contributed by atoms with van der Waals surface area (Å²) in [6.45, 7) is 3.95. The molecule has 1 aromatic carbocycles. The summed E-state index contributed by atoms with van der Waals surface area (Å²) >= 11 is 0. The second-order valence-electron chi connectivity index (χ2n) is 7.60. The van der Waals surface area contributed by atoms with E-state index in [1.165, 1.54) is 5.39 Å². The maximum absolute atomic E-state index is 6.26. The molecule has 0 unspecified atom stereocenters. The fourth-order valence-corrected chi connectivity index (χ4v) is 4.21. The van der Waals surface area contributed by atoms with Crippen LogP contribution in [-0.2, 0) is 11.3 Å². The Labute approximate surface area is 144 Å². The van der Waals surface area contributed by atoms with Crippen LogP contribution in [-0.4, -0.2) is 60.2 Å². The van der Waals surface area contributed by atoms with Crippen molar-refractivity contribution < 1.29 is 4.74 Å². The first-order valence-corrected chi connectivity index (χ1v) is 9.01. The fraction of sp³-hybridized carbons (Fsp3) is 0.550. The van der Waals surface area contributed by atoms with E-state index in [1.807, 2.05) is 0 Å². The number of benzene rings is 1. The molecule has 4 nitrogen and oxygen atoms in total. The summed E-state index contributed by atoms with van der Waals surface area (Å²) in [5, 5.41) is 1.21. The normalized spacial score (nSPS) is 28.2. The summed E-state index contributed by atoms with van der Waals surface area (Å²) in [6.07, 6.45) is 3.45. The molecule has 1 spiro atoms. The van der Waals surface area contributed by atoms with Gasteiger partial charge >= 0.3 is 0 Å². The van der Waals surface area contributed by atoms with Gasteiger partial charge in [-0.25, -0.2) is 0 Å². The average molecular weight is 325 g/mol. The predicted octanol–water partition coefficient (Wildman–Crippen LogP) is 2.92. The standard InChI is InChI=1S/C20H27N3O/c1-22(2)18-9-12-24-20(13-18)10-11-23(15-20)14-17-8-7-16-5-3-4-6-19(16)21-17/h3-8,18H,9-15H2,1-2H3/t18-,20+/m0/s1. The van der Waals surface area contributed by atoms with Crippen LogP contribution in [0.3, 0.4) is 0 Å². The van der Waals surface area contributed by atoms with E-state index in [9.17, 15) is 0 Å². The van der Waals surface area contributed by atoms with Gasteiger partial charge in [0.25, 0.3) is 0 Å². The SMILES string of the molecule is CN(C)[C@H]1CCO[C@]2(CCN(Cc3ccc4ccccc4n3)C2)C1. The molecule has 2 aromatic rings. The van der Waals surface area contributed by atoms with Crippen molar-refractivity contribution >= 4 is 10.9 Å². The van der Waals surface area contributed by atoms with Crippen LogP contribution in [0, 0.1) is 0 Å². The number of likely N-dealkylation sites (tertiary alicyclic amines) is 1. The van der Waals surface area contributed by atoms with Gasteiger partial charge in [-0.1, -0.05) is 24.3 Å². The molecule has 24 heavy (non-hydrogen) atoms. The van der Waals surface area contributed by atoms with E-state index in [1.54, 1.807) is 0 Å². The Hall–Kier alpha value is -1.49. The fourth-order valence-electron chi connectivity index (χ4n) is 4.21. The average Bonchev–Trinajstić information content (AvgIpc) is 2.96. The van der Waals surface area contributed by atoms with Crippen molar-refractivity contribution in [1.29, 1.82) is 0 Å². The minimum atomic E-state index is 0.0596. The Kier molecular flexibility index (Phi) is 4.29. The lowest BCUT2D eigenvalue weighted by molar-refractivity contribution is -0.0932. The largest absolute Gasteiger partial charge is 0.373 e. The van der Waals surface area contributed by atoms with Gasteiger partial charge in [-0.2, -0.15) is 0 Å². The number of nitrogens with zero attached hydrogens (tertiary/aromatic N) is 3. The molecule has 0 N–H and O–H groups in total. The summed E-state index contributed by atoms with van der Waals surface area (Å²) in [5.41, 5.74) is 2.31. The molecule has 2 fully saturated rings. The molecule has 0 amide bonds. The van der Waals surface area contributed by atoms with Gasteiger partial charge in [0, 0.05) is 37.7 Å². The number of aromatic nitrogens is 1. The number of hydrogen-bond donors (Lipinski definition) is 0. The van der Waals surface area contributed by atoms with Gasteiger partial charge in [0.1, 0.15) is 0 Å². The lowest BCUT2D eigenvalue weighted by Gasteiger charge is -2.40. The number of para-hydroxylation sites is 1. The van der Waals surface area contributed by atoms with Gasteiger partial charge < -0.3 is 9.64 Å².